The highest BCUT2D eigenvalue weighted by atomic mass is 35.6. The van der Waals surface area contributed by atoms with E-state index in [9.17, 15) is 9.59 Å². The average Bonchev–Trinajstić information content (AvgIpc) is 2.33. The Morgan fingerprint density at radius 2 is 2.21 bits per heavy atom. The number of nitrogens with two attached hydrogens (primary N) is 1. The monoisotopic (exact) mass is 344 g/mol. The summed E-state index contributed by atoms with van der Waals surface area (Å²) in [5.41, 5.74) is 6.64. The fourth-order valence-electron chi connectivity index (χ4n) is 1.87. The predicted octanol–water partition coefficient (Wildman–Crippen LogP) is 1.42. The van der Waals surface area contributed by atoms with E-state index < -0.39 is 15.8 Å². The number of hydrogen-bond acceptors (Lipinski definition) is 5. The van der Waals surface area contributed by atoms with Gasteiger partial charge in [0, 0.05) is 5.75 Å². The highest BCUT2D eigenvalue weighted by molar-refractivity contribution is 8.00. The van der Waals surface area contributed by atoms with Crippen LogP contribution in [0.25, 0.3) is 0 Å². The molecule has 1 unspecified atom stereocenters. The number of carbonyl (C=O) groups is 2. The molecule has 2 heterocycles. The third kappa shape index (κ3) is 2.97. The van der Waals surface area contributed by atoms with Crippen molar-refractivity contribution in [2.24, 2.45) is 5.73 Å². The zero-order chi connectivity index (χ0) is 14.4. The summed E-state index contributed by atoms with van der Waals surface area (Å²) >= 11 is 18.1. The minimum Gasteiger partial charge on any atom is -0.456 e. The van der Waals surface area contributed by atoms with Gasteiger partial charge in [-0.1, -0.05) is 34.8 Å². The zero-order valence-electron chi connectivity index (χ0n) is 9.86. The Hall–Kier alpha value is -0.140. The van der Waals surface area contributed by atoms with E-state index in [1.54, 1.807) is 6.92 Å². The van der Waals surface area contributed by atoms with Crippen LogP contribution in [0.3, 0.4) is 0 Å². The fourth-order valence-corrected chi connectivity index (χ4v) is 3.28. The van der Waals surface area contributed by atoms with Crippen molar-refractivity contribution in [1.82, 2.24) is 4.90 Å². The Morgan fingerprint density at radius 3 is 2.79 bits per heavy atom. The number of ether oxygens (including phenoxy) is 1. The predicted molar refractivity (Wildman–Crippen MR) is 75.0 cm³/mol. The molecule has 2 rings (SSSR count). The third-order valence-electron chi connectivity index (χ3n) is 2.76. The number of thioether (sulfide) groups is 1. The van der Waals surface area contributed by atoms with E-state index >= 15 is 0 Å². The number of esters is 1. The van der Waals surface area contributed by atoms with Crippen LogP contribution in [0.1, 0.15) is 6.92 Å². The maximum absolute atomic E-state index is 12.0. The number of hydrogen-bond donors (Lipinski definition) is 1. The minimum absolute atomic E-state index is 0.213. The molecule has 106 valence electrons. The molecule has 5 nitrogen and oxygen atoms in total. The maximum atomic E-state index is 12.0. The number of halogens is 3. The van der Waals surface area contributed by atoms with Crippen molar-refractivity contribution in [3.8, 4) is 0 Å². The van der Waals surface area contributed by atoms with E-state index in [0.717, 1.165) is 5.57 Å². The van der Waals surface area contributed by atoms with Gasteiger partial charge < -0.3 is 10.5 Å². The first-order chi connectivity index (χ1) is 8.72. The van der Waals surface area contributed by atoms with Gasteiger partial charge in [-0.3, -0.25) is 9.69 Å². The van der Waals surface area contributed by atoms with Crippen LogP contribution in [0.2, 0.25) is 0 Å². The van der Waals surface area contributed by atoms with Gasteiger partial charge in [0.1, 0.15) is 23.7 Å². The second-order valence-corrected chi connectivity index (χ2v) is 7.88. The molecule has 9 heteroatoms. The molecule has 0 aromatic rings. The Morgan fingerprint density at radius 1 is 1.58 bits per heavy atom. The van der Waals surface area contributed by atoms with Crippen molar-refractivity contribution >= 4 is 58.4 Å². The summed E-state index contributed by atoms with van der Waals surface area (Å²) in [5, 5.41) is -0.216. The van der Waals surface area contributed by atoms with Crippen LogP contribution in [0.4, 0.5) is 0 Å². The van der Waals surface area contributed by atoms with Crippen LogP contribution in [0, 0.1) is 0 Å². The van der Waals surface area contributed by atoms with Crippen LogP contribution in [-0.2, 0) is 14.3 Å². The van der Waals surface area contributed by atoms with Crippen molar-refractivity contribution in [2.75, 3.05) is 12.4 Å². The van der Waals surface area contributed by atoms with E-state index in [-0.39, 0.29) is 23.6 Å². The van der Waals surface area contributed by atoms with Crippen molar-refractivity contribution in [1.29, 1.82) is 0 Å². The van der Waals surface area contributed by atoms with Crippen molar-refractivity contribution in [2.45, 2.75) is 22.1 Å². The van der Waals surface area contributed by atoms with Gasteiger partial charge >= 0.3 is 5.97 Å². The van der Waals surface area contributed by atoms with E-state index in [2.05, 4.69) is 0 Å². The molecule has 2 aliphatic heterocycles. The first-order valence-corrected chi connectivity index (χ1v) is 7.54. The lowest BCUT2D eigenvalue weighted by molar-refractivity contribution is -0.150. The topological polar surface area (TPSA) is 72.6 Å². The Bertz CT molecular complexity index is 463. The van der Waals surface area contributed by atoms with Crippen LogP contribution in [0.15, 0.2) is 11.3 Å². The van der Waals surface area contributed by atoms with E-state index in [0.29, 0.717) is 5.75 Å². The molecule has 2 N–H and O–H groups in total. The van der Waals surface area contributed by atoms with Gasteiger partial charge in [-0.25, -0.2) is 4.79 Å². The van der Waals surface area contributed by atoms with Crippen LogP contribution < -0.4 is 5.73 Å². The van der Waals surface area contributed by atoms with Gasteiger partial charge in [-0.05, 0) is 12.5 Å². The van der Waals surface area contributed by atoms with Gasteiger partial charge in [0.15, 0.2) is 0 Å². The quantitative estimate of drug-likeness (QED) is 0.465. The lowest BCUT2D eigenvalue weighted by Gasteiger charge is -2.48. The lowest BCUT2D eigenvalue weighted by Crippen LogP contribution is -2.68. The van der Waals surface area contributed by atoms with Crippen LogP contribution in [0.5, 0.6) is 0 Å². The molecule has 2 aliphatic rings. The number of amides is 1. The summed E-state index contributed by atoms with van der Waals surface area (Å²) in [6, 6.07) is -0.575. The zero-order valence-corrected chi connectivity index (χ0v) is 12.9. The molecule has 0 aromatic carbocycles. The first kappa shape index (κ1) is 15.3. The number of carbonyl (C=O) groups excluding carboxylic acids is 2. The summed E-state index contributed by atoms with van der Waals surface area (Å²) in [7, 11) is 0. The smallest absolute Gasteiger partial charge is 0.355 e. The molecule has 0 aromatic heterocycles. The second kappa shape index (κ2) is 5.33. The van der Waals surface area contributed by atoms with Crippen LogP contribution in [-0.4, -0.2) is 44.3 Å². The van der Waals surface area contributed by atoms with Crippen LogP contribution >= 0.6 is 46.6 Å². The van der Waals surface area contributed by atoms with E-state index in [1.165, 1.54) is 16.7 Å². The summed E-state index contributed by atoms with van der Waals surface area (Å²) in [4.78, 5) is 25.1. The largest absolute Gasteiger partial charge is 0.456 e. The lowest BCUT2D eigenvalue weighted by atomic mass is 10.0. The highest BCUT2D eigenvalue weighted by Gasteiger charge is 2.51. The summed E-state index contributed by atoms with van der Waals surface area (Å²) < 4.78 is 3.24. The van der Waals surface area contributed by atoms with Crippen molar-refractivity contribution in [3.63, 3.8) is 0 Å². The third-order valence-corrected chi connectivity index (χ3v) is 4.53. The number of alkyl halides is 3. The SMILES string of the molecule is CC1=C(C(=O)OCC(Cl)(Cl)Cl)N2C(=O)C(N)[C@H]2SC1. The normalized spacial score (nSPS) is 27.0. The molecular formula is C10H11Cl3N2O3S. The van der Waals surface area contributed by atoms with Crippen molar-refractivity contribution < 1.29 is 14.3 Å². The fraction of sp³-hybridized carbons (Fsp3) is 0.600. The molecule has 19 heavy (non-hydrogen) atoms. The average molecular weight is 346 g/mol. The highest BCUT2D eigenvalue weighted by Crippen LogP contribution is 2.39. The summed E-state index contributed by atoms with van der Waals surface area (Å²) in [6.07, 6.45) is 0. The Kier molecular flexibility index (Phi) is 4.28. The molecule has 0 aliphatic carbocycles. The molecule has 0 spiro atoms. The second-order valence-electron chi connectivity index (χ2n) is 4.26. The van der Waals surface area contributed by atoms with Gasteiger partial charge in [-0.15, -0.1) is 11.8 Å². The molecular weight excluding hydrogens is 335 g/mol. The van der Waals surface area contributed by atoms with Crippen molar-refractivity contribution in [3.05, 3.63) is 11.3 Å². The van der Waals surface area contributed by atoms with Gasteiger partial charge in [0.05, 0.1) is 0 Å². The number of rotatable bonds is 2. The molecule has 0 radical (unpaired) electrons. The number of nitrogens with zero attached hydrogens (tertiary/aromatic N) is 1. The summed E-state index contributed by atoms with van der Waals surface area (Å²) in [6.45, 7) is 1.38. The Balaban J connectivity index is 2.13. The summed E-state index contributed by atoms with van der Waals surface area (Å²) in [5.74, 6) is -0.355. The molecule has 1 saturated heterocycles. The van der Waals surface area contributed by atoms with Gasteiger partial charge in [0.25, 0.3) is 0 Å². The van der Waals surface area contributed by atoms with E-state index in [4.69, 9.17) is 45.3 Å². The number of fused-ring (bicyclic) bond motifs is 1. The van der Waals surface area contributed by atoms with Gasteiger partial charge in [-0.2, -0.15) is 0 Å². The minimum atomic E-state index is -1.68. The Labute approximate surface area is 129 Å². The first-order valence-electron chi connectivity index (χ1n) is 5.36. The molecule has 0 bridgehead atoms. The maximum Gasteiger partial charge on any atom is 0.355 e. The molecule has 1 fully saturated rings. The standard InChI is InChI=1S/C10H11Cl3N2O3S/c1-4-2-19-8-5(14)7(16)15(8)6(4)9(17)18-3-10(11,12)13/h5,8H,2-3,14H2,1H3/t5?,8-/m1/s1. The van der Waals surface area contributed by atoms with Gasteiger partial charge in [0.2, 0.25) is 9.70 Å². The van der Waals surface area contributed by atoms with E-state index in [1.807, 2.05) is 0 Å². The molecule has 0 saturated carbocycles. The number of β-lactam (4-membered cyclic amide) rings is 1. The molecule has 1 amide bonds. The molecule has 2 atom stereocenters.